The fraction of sp³-hybridized carbons (Fsp3) is 0.833. The fourth-order valence-electron chi connectivity index (χ4n) is 1.33. The predicted octanol–water partition coefficient (Wildman–Crippen LogP) is -0.335. The first kappa shape index (κ1) is 5.23. The van der Waals surface area contributed by atoms with Crippen LogP contribution in [0.25, 0.3) is 0 Å². The maximum absolute atomic E-state index is 10.6. The monoisotopic (exact) mass is 127 g/mol. The summed E-state index contributed by atoms with van der Waals surface area (Å²) in [7, 11) is 0. The molecule has 3 nitrogen and oxygen atoms in total. The average molecular weight is 127 g/mol. The molecule has 2 saturated heterocycles. The largest absolute Gasteiger partial charge is 0.456 e. The summed E-state index contributed by atoms with van der Waals surface area (Å²) in [6, 6.07) is 0. The van der Waals surface area contributed by atoms with Crippen LogP contribution in [0.15, 0.2) is 0 Å². The summed E-state index contributed by atoms with van der Waals surface area (Å²) in [4.78, 5) is 10.6. The molecule has 0 aromatic rings. The van der Waals surface area contributed by atoms with E-state index in [0.29, 0.717) is 6.42 Å². The van der Waals surface area contributed by atoms with Crippen LogP contribution in [0, 0.1) is 0 Å². The minimum Gasteiger partial charge on any atom is -0.456 e. The first-order chi connectivity index (χ1) is 4.31. The van der Waals surface area contributed by atoms with E-state index >= 15 is 0 Å². The van der Waals surface area contributed by atoms with E-state index in [-0.39, 0.29) is 11.6 Å². The molecule has 0 aliphatic carbocycles. The third-order valence-electron chi connectivity index (χ3n) is 2.01. The van der Waals surface area contributed by atoms with Crippen LogP contribution in [0.2, 0.25) is 0 Å². The first-order valence-corrected chi connectivity index (χ1v) is 3.23. The zero-order valence-electron chi connectivity index (χ0n) is 5.14. The molecule has 0 atom stereocenters. The molecular formula is C6H9NO2. The maximum Gasteiger partial charge on any atom is 0.306 e. The van der Waals surface area contributed by atoms with E-state index in [9.17, 15) is 4.79 Å². The van der Waals surface area contributed by atoms with Crippen LogP contribution in [0.1, 0.15) is 12.8 Å². The van der Waals surface area contributed by atoms with Crippen molar-refractivity contribution in [1.29, 1.82) is 0 Å². The number of carbonyl (C=O) groups is 1. The van der Waals surface area contributed by atoms with Gasteiger partial charge in [-0.1, -0.05) is 0 Å². The highest BCUT2D eigenvalue weighted by Crippen LogP contribution is 2.29. The number of carbonyl (C=O) groups excluding carboxylic acids is 1. The molecule has 2 aliphatic rings. The van der Waals surface area contributed by atoms with Crippen molar-refractivity contribution in [3.8, 4) is 0 Å². The van der Waals surface area contributed by atoms with Crippen LogP contribution in [-0.4, -0.2) is 24.7 Å². The molecule has 0 bridgehead atoms. The van der Waals surface area contributed by atoms with Crippen molar-refractivity contribution < 1.29 is 9.53 Å². The molecule has 0 saturated carbocycles. The van der Waals surface area contributed by atoms with E-state index in [2.05, 4.69) is 5.32 Å². The van der Waals surface area contributed by atoms with Crippen LogP contribution < -0.4 is 5.32 Å². The lowest BCUT2D eigenvalue weighted by atomic mass is 9.94. The maximum atomic E-state index is 10.6. The van der Waals surface area contributed by atoms with Gasteiger partial charge in [-0.15, -0.1) is 0 Å². The summed E-state index contributed by atoms with van der Waals surface area (Å²) in [5, 5.41) is 3.09. The highest BCUT2D eigenvalue weighted by atomic mass is 16.6. The summed E-state index contributed by atoms with van der Waals surface area (Å²) < 4.78 is 5.08. The van der Waals surface area contributed by atoms with E-state index in [1.54, 1.807) is 0 Å². The third-order valence-corrected chi connectivity index (χ3v) is 2.01. The second-order valence-corrected chi connectivity index (χ2v) is 2.76. The molecule has 2 rings (SSSR count). The highest BCUT2D eigenvalue weighted by Gasteiger charge is 2.45. The number of rotatable bonds is 0. The predicted molar refractivity (Wildman–Crippen MR) is 30.9 cm³/mol. The number of esters is 1. The molecule has 0 aromatic heterocycles. The van der Waals surface area contributed by atoms with Gasteiger partial charge in [-0.25, -0.2) is 0 Å². The molecule has 1 N–H and O–H groups in total. The molecule has 50 valence electrons. The normalized spacial score (nSPS) is 30.0. The van der Waals surface area contributed by atoms with Crippen LogP contribution >= 0.6 is 0 Å². The zero-order valence-corrected chi connectivity index (χ0v) is 5.14. The summed E-state index contributed by atoms with van der Waals surface area (Å²) in [6.45, 7) is 1.72. The lowest BCUT2D eigenvalue weighted by Gasteiger charge is -2.36. The van der Waals surface area contributed by atoms with E-state index in [1.807, 2.05) is 0 Å². The summed E-state index contributed by atoms with van der Waals surface area (Å²) in [5.41, 5.74) is -0.0723. The molecule has 2 heterocycles. The van der Waals surface area contributed by atoms with Crippen molar-refractivity contribution in [3.05, 3.63) is 0 Å². The lowest BCUT2D eigenvalue weighted by Crippen LogP contribution is -2.59. The molecule has 0 unspecified atom stereocenters. The zero-order chi connectivity index (χ0) is 6.32. The average Bonchev–Trinajstić information content (AvgIpc) is 2.09. The second-order valence-electron chi connectivity index (χ2n) is 2.76. The number of ether oxygens (including phenoxy) is 1. The van der Waals surface area contributed by atoms with Crippen LogP contribution in [-0.2, 0) is 9.53 Å². The van der Waals surface area contributed by atoms with Crippen LogP contribution in [0.3, 0.4) is 0 Å². The Morgan fingerprint density at radius 3 is 2.56 bits per heavy atom. The van der Waals surface area contributed by atoms with E-state index < -0.39 is 0 Å². The number of hydrogen-bond donors (Lipinski definition) is 1. The number of nitrogens with one attached hydrogen (secondary N) is 1. The second kappa shape index (κ2) is 1.48. The van der Waals surface area contributed by atoms with Crippen LogP contribution in [0.5, 0.6) is 0 Å². The van der Waals surface area contributed by atoms with Crippen molar-refractivity contribution in [1.82, 2.24) is 5.32 Å². The number of hydrogen-bond acceptors (Lipinski definition) is 3. The van der Waals surface area contributed by atoms with E-state index in [0.717, 1.165) is 19.5 Å². The van der Waals surface area contributed by atoms with Gasteiger partial charge in [0.15, 0.2) is 0 Å². The fourth-order valence-corrected chi connectivity index (χ4v) is 1.33. The van der Waals surface area contributed by atoms with Gasteiger partial charge in [-0.05, 0) is 0 Å². The van der Waals surface area contributed by atoms with Gasteiger partial charge in [0.1, 0.15) is 5.60 Å². The SMILES string of the molecule is O=C1CCC2(CNC2)O1. The standard InChI is InChI=1S/C6H9NO2/c8-5-1-2-6(9-5)3-7-4-6/h7H,1-4H2. The minimum absolute atomic E-state index is 0.0310. The molecule has 0 amide bonds. The topological polar surface area (TPSA) is 38.3 Å². The van der Waals surface area contributed by atoms with Crippen molar-refractivity contribution in [2.75, 3.05) is 13.1 Å². The Kier molecular flexibility index (Phi) is 0.858. The Labute approximate surface area is 53.4 Å². The summed E-state index contributed by atoms with van der Waals surface area (Å²) in [5.74, 6) is -0.0310. The van der Waals surface area contributed by atoms with Gasteiger partial charge < -0.3 is 10.1 Å². The molecular weight excluding hydrogens is 118 g/mol. The van der Waals surface area contributed by atoms with Gasteiger partial charge in [0.05, 0.1) is 0 Å². The third kappa shape index (κ3) is 0.645. The van der Waals surface area contributed by atoms with Gasteiger partial charge in [-0.3, -0.25) is 4.79 Å². The Hall–Kier alpha value is -0.570. The Bertz CT molecular complexity index is 151. The van der Waals surface area contributed by atoms with E-state index in [4.69, 9.17) is 4.74 Å². The molecule has 9 heavy (non-hydrogen) atoms. The van der Waals surface area contributed by atoms with Gasteiger partial charge in [-0.2, -0.15) is 0 Å². The summed E-state index contributed by atoms with van der Waals surface area (Å²) in [6.07, 6.45) is 1.53. The minimum atomic E-state index is -0.0723. The lowest BCUT2D eigenvalue weighted by molar-refractivity contribution is -0.151. The van der Waals surface area contributed by atoms with Gasteiger partial charge in [0, 0.05) is 25.9 Å². The molecule has 2 fully saturated rings. The molecule has 2 aliphatic heterocycles. The van der Waals surface area contributed by atoms with Crippen molar-refractivity contribution in [2.45, 2.75) is 18.4 Å². The van der Waals surface area contributed by atoms with Gasteiger partial charge in [0.2, 0.25) is 0 Å². The van der Waals surface area contributed by atoms with Crippen LogP contribution in [0.4, 0.5) is 0 Å². The van der Waals surface area contributed by atoms with Crippen molar-refractivity contribution in [2.24, 2.45) is 0 Å². The van der Waals surface area contributed by atoms with Gasteiger partial charge in [0.25, 0.3) is 0 Å². The molecule has 1 spiro atoms. The summed E-state index contributed by atoms with van der Waals surface area (Å²) >= 11 is 0. The molecule has 0 aromatic carbocycles. The quantitative estimate of drug-likeness (QED) is 0.453. The first-order valence-electron chi connectivity index (χ1n) is 3.23. The van der Waals surface area contributed by atoms with Gasteiger partial charge >= 0.3 is 5.97 Å². The van der Waals surface area contributed by atoms with Crippen molar-refractivity contribution in [3.63, 3.8) is 0 Å². The molecule has 3 heteroatoms. The van der Waals surface area contributed by atoms with Crippen molar-refractivity contribution >= 4 is 5.97 Å². The Morgan fingerprint density at radius 2 is 2.33 bits per heavy atom. The Balaban J connectivity index is 2.07. The Morgan fingerprint density at radius 1 is 1.56 bits per heavy atom. The smallest absolute Gasteiger partial charge is 0.306 e. The highest BCUT2D eigenvalue weighted by molar-refractivity contribution is 5.72. The molecule has 0 radical (unpaired) electrons. The van der Waals surface area contributed by atoms with E-state index in [1.165, 1.54) is 0 Å².